The lowest BCUT2D eigenvalue weighted by atomic mass is 10.2. The predicted molar refractivity (Wildman–Crippen MR) is 45.6 cm³/mol. The summed E-state index contributed by atoms with van der Waals surface area (Å²) in [5, 5.41) is 0. The van der Waals surface area contributed by atoms with Gasteiger partial charge in [0.2, 0.25) is 0 Å². The Labute approximate surface area is 68.9 Å². The monoisotopic (exact) mass is 161 g/mol. The van der Waals surface area contributed by atoms with Gasteiger partial charge in [-0.1, -0.05) is 0 Å². The Morgan fingerprint density at radius 2 is 2.00 bits per heavy atom. The topological polar surface area (TPSA) is 44.5 Å². The highest BCUT2D eigenvalue weighted by Crippen LogP contribution is 1.93. The van der Waals surface area contributed by atoms with Crippen LogP contribution < -0.4 is 5.73 Å². The highest BCUT2D eigenvalue weighted by molar-refractivity contribution is 4.59. The third-order valence-corrected chi connectivity index (χ3v) is 1.34. The van der Waals surface area contributed by atoms with Crippen molar-refractivity contribution in [2.24, 2.45) is 5.73 Å². The Hall–Kier alpha value is -0.120. The fourth-order valence-electron chi connectivity index (χ4n) is 0.669. The third kappa shape index (κ3) is 7.78. The van der Waals surface area contributed by atoms with Crippen molar-refractivity contribution in [3.8, 4) is 0 Å². The molecule has 0 saturated heterocycles. The van der Waals surface area contributed by atoms with Gasteiger partial charge in [0.1, 0.15) is 0 Å². The third-order valence-electron chi connectivity index (χ3n) is 1.34. The van der Waals surface area contributed by atoms with Gasteiger partial charge in [-0.25, -0.2) is 0 Å². The number of nitrogens with two attached hydrogens (primary N) is 1. The highest BCUT2D eigenvalue weighted by atomic mass is 16.5. The molecule has 0 rings (SSSR count). The molecule has 0 amide bonds. The first-order chi connectivity index (χ1) is 5.16. The molecule has 0 spiro atoms. The van der Waals surface area contributed by atoms with E-state index in [1.807, 2.05) is 13.8 Å². The SMILES string of the molecule is COCCC(N)COC(C)C. The van der Waals surface area contributed by atoms with E-state index in [0.717, 1.165) is 6.42 Å². The molecule has 0 aromatic rings. The molecule has 68 valence electrons. The summed E-state index contributed by atoms with van der Waals surface area (Å²) in [6.45, 7) is 5.34. The minimum Gasteiger partial charge on any atom is -0.385 e. The highest BCUT2D eigenvalue weighted by Gasteiger charge is 2.02. The minimum absolute atomic E-state index is 0.109. The van der Waals surface area contributed by atoms with E-state index in [9.17, 15) is 0 Å². The lowest BCUT2D eigenvalue weighted by Crippen LogP contribution is -2.28. The van der Waals surface area contributed by atoms with Gasteiger partial charge >= 0.3 is 0 Å². The lowest BCUT2D eigenvalue weighted by Gasteiger charge is -2.13. The molecule has 0 radical (unpaired) electrons. The van der Waals surface area contributed by atoms with Crippen LogP contribution in [0.5, 0.6) is 0 Å². The van der Waals surface area contributed by atoms with E-state index in [2.05, 4.69) is 0 Å². The molecule has 0 fully saturated rings. The second kappa shape index (κ2) is 6.58. The number of ether oxygens (including phenoxy) is 2. The molecule has 0 aliphatic heterocycles. The standard InChI is InChI=1S/C8H19NO2/c1-7(2)11-6-8(9)4-5-10-3/h7-8H,4-6,9H2,1-3H3. The van der Waals surface area contributed by atoms with E-state index in [1.165, 1.54) is 0 Å². The second-order valence-corrected chi connectivity index (χ2v) is 2.92. The minimum atomic E-state index is 0.109. The largest absolute Gasteiger partial charge is 0.385 e. The van der Waals surface area contributed by atoms with Gasteiger partial charge in [-0.15, -0.1) is 0 Å². The summed E-state index contributed by atoms with van der Waals surface area (Å²) in [6.07, 6.45) is 1.13. The van der Waals surface area contributed by atoms with Crippen molar-refractivity contribution >= 4 is 0 Å². The molecule has 3 heteroatoms. The molecule has 0 aliphatic carbocycles. The normalized spacial score (nSPS) is 13.9. The van der Waals surface area contributed by atoms with Gasteiger partial charge < -0.3 is 15.2 Å². The van der Waals surface area contributed by atoms with Crippen LogP contribution in [-0.4, -0.2) is 32.5 Å². The summed E-state index contributed by atoms with van der Waals surface area (Å²) < 4.78 is 10.2. The molecule has 0 bridgehead atoms. The Bertz CT molecular complexity index is 86.2. The number of methoxy groups -OCH3 is 1. The second-order valence-electron chi connectivity index (χ2n) is 2.92. The van der Waals surface area contributed by atoms with Crippen LogP contribution in [0.1, 0.15) is 20.3 Å². The average molecular weight is 161 g/mol. The maximum atomic E-state index is 5.70. The van der Waals surface area contributed by atoms with Crippen molar-refractivity contribution in [3.05, 3.63) is 0 Å². The van der Waals surface area contributed by atoms with Crippen LogP contribution >= 0.6 is 0 Å². The first kappa shape index (κ1) is 10.9. The molecule has 1 unspecified atom stereocenters. The first-order valence-electron chi connectivity index (χ1n) is 4.03. The van der Waals surface area contributed by atoms with Gasteiger partial charge in [0.15, 0.2) is 0 Å². The molecule has 0 saturated carbocycles. The van der Waals surface area contributed by atoms with Crippen molar-refractivity contribution in [2.75, 3.05) is 20.3 Å². The van der Waals surface area contributed by atoms with Gasteiger partial charge in [-0.05, 0) is 20.3 Å². The molecule has 0 aliphatic rings. The van der Waals surface area contributed by atoms with Crippen LogP contribution in [0.4, 0.5) is 0 Å². The molecule has 0 aromatic carbocycles. The maximum absolute atomic E-state index is 5.70. The number of hydrogen-bond acceptors (Lipinski definition) is 3. The number of rotatable bonds is 6. The molecule has 11 heavy (non-hydrogen) atoms. The number of hydrogen-bond donors (Lipinski definition) is 1. The zero-order valence-corrected chi connectivity index (χ0v) is 7.67. The van der Waals surface area contributed by atoms with E-state index >= 15 is 0 Å². The van der Waals surface area contributed by atoms with Crippen LogP contribution in [0.15, 0.2) is 0 Å². The van der Waals surface area contributed by atoms with Crippen molar-refractivity contribution in [2.45, 2.75) is 32.4 Å². The lowest BCUT2D eigenvalue weighted by molar-refractivity contribution is 0.0609. The van der Waals surface area contributed by atoms with Gasteiger partial charge in [0, 0.05) is 19.8 Å². The molecular weight excluding hydrogens is 142 g/mol. The van der Waals surface area contributed by atoms with Gasteiger partial charge in [0.25, 0.3) is 0 Å². The Morgan fingerprint density at radius 1 is 1.36 bits per heavy atom. The van der Waals surface area contributed by atoms with E-state index < -0.39 is 0 Å². The molecular formula is C8H19NO2. The van der Waals surface area contributed by atoms with Gasteiger partial charge in [0.05, 0.1) is 12.7 Å². The smallest absolute Gasteiger partial charge is 0.0621 e. The summed E-state index contributed by atoms with van der Waals surface area (Å²) in [6, 6.07) is 0.109. The Balaban J connectivity index is 3.15. The molecule has 0 aromatic heterocycles. The van der Waals surface area contributed by atoms with Crippen LogP contribution in [-0.2, 0) is 9.47 Å². The van der Waals surface area contributed by atoms with Crippen LogP contribution in [0.2, 0.25) is 0 Å². The maximum Gasteiger partial charge on any atom is 0.0621 e. The van der Waals surface area contributed by atoms with Crippen molar-refractivity contribution in [1.29, 1.82) is 0 Å². The van der Waals surface area contributed by atoms with E-state index in [-0.39, 0.29) is 12.1 Å². The predicted octanol–water partition coefficient (Wildman–Crippen LogP) is 0.775. The zero-order valence-electron chi connectivity index (χ0n) is 7.67. The summed E-state index contributed by atoms with van der Waals surface area (Å²) in [4.78, 5) is 0. The van der Waals surface area contributed by atoms with Gasteiger partial charge in [-0.2, -0.15) is 0 Å². The first-order valence-corrected chi connectivity index (χ1v) is 4.03. The summed E-state index contributed by atoms with van der Waals surface area (Å²) in [5.74, 6) is 0. The van der Waals surface area contributed by atoms with E-state index in [0.29, 0.717) is 13.2 Å². The summed E-state index contributed by atoms with van der Waals surface area (Å²) in [7, 11) is 1.68. The van der Waals surface area contributed by atoms with Gasteiger partial charge in [-0.3, -0.25) is 0 Å². The fraction of sp³-hybridized carbons (Fsp3) is 1.00. The average Bonchev–Trinajstić information content (AvgIpc) is 1.97. The van der Waals surface area contributed by atoms with Crippen molar-refractivity contribution in [1.82, 2.24) is 0 Å². The van der Waals surface area contributed by atoms with Crippen LogP contribution in [0.3, 0.4) is 0 Å². The Kier molecular flexibility index (Phi) is 6.51. The van der Waals surface area contributed by atoms with E-state index in [1.54, 1.807) is 7.11 Å². The molecule has 1 atom stereocenters. The fourth-order valence-corrected chi connectivity index (χ4v) is 0.669. The van der Waals surface area contributed by atoms with E-state index in [4.69, 9.17) is 15.2 Å². The summed E-state index contributed by atoms with van der Waals surface area (Å²) >= 11 is 0. The summed E-state index contributed by atoms with van der Waals surface area (Å²) in [5.41, 5.74) is 5.70. The molecule has 3 nitrogen and oxygen atoms in total. The zero-order chi connectivity index (χ0) is 8.69. The van der Waals surface area contributed by atoms with Crippen LogP contribution in [0.25, 0.3) is 0 Å². The molecule has 0 heterocycles. The van der Waals surface area contributed by atoms with Crippen molar-refractivity contribution < 1.29 is 9.47 Å². The molecule has 2 N–H and O–H groups in total. The van der Waals surface area contributed by atoms with Crippen molar-refractivity contribution in [3.63, 3.8) is 0 Å². The Morgan fingerprint density at radius 3 is 2.45 bits per heavy atom. The van der Waals surface area contributed by atoms with Crippen LogP contribution in [0, 0.1) is 0 Å². The quantitative estimate of drug-likeness (QED) is 0.626.